The van der Waals surface area contributed by atoms with Gasteiger partial charge in [-0.25, -0.2) is 0 Å². The van der Waals surface area contributed by atoms with Crippen LogP contribution in [-0.4, -0.2) is 28.8 Å². The Morgan fingerprint density at radius 2 is 1.42 bits per heavy atom. The second kappa shape index (κ2) is 12.2. The molecule has 0 spiro atoms. The molecule has 2 atom stereocenters. The highest BCUT2D eigenvalue weighted by molar-refractivity contribution is 6.30. The maximum Gasteiger partial charge on any atom is 0.243 e. The minimum Gasteiger partial charge on any atom is -0.352 e. The van der Waals surface area contributed by atoms with Crippen LogP contribution in [0.25, 0.3) is 0 Å². The molecule has 4 nitrogen and oxygen atoms in total. The lowest BCUT2D eigenvalue weighted by molar-refractivity contribution is -0.141. The summed E-state index contributed by atoms with van der Waals surface area (Å²) < 4.78 is 0. The van der Waals surface area contributed by atoms with Gasteiger partial charge in [0.15, 0.2) is 0 Å². The molecular formula is C28H31ClN2O2. The SMILES string of the molecule is CC[C@H](C)NC(=O)[C@@H](Cc1ccccc1)N(Cc1ccccc1)C(=O)Cc1ccc(Cl)cc1. The summed E-state index contributed by atoms with van der Waals surface area (Å²) in [6.07, 6.45) is 1.47. The lowest BCUT2D eigenvalue weighted by Gasteiger charge is -2.32. The van der Waals surface area contributed by atoms with Gasteiger partial charge in [-0.3, -0.25) is 9.59 Å². The van der Waals surface area contributed by atoms with Crippen LogP contribution in [0.1, 0.15) is 37.0 Å². The summed E-state index contributed by atoms with van der Waals surface area (Å²) in [5.74, 6) is -0.227. The monoisotopic (exact) mass is 462 g/mol. The molecule has 0 aliphatic heterocycles. The fourth-order valence-electron chi connectivity index (χ4n) is 3.65. The summed E-state index contributed by atoms with van der Waals surface area (Å²) in [5.41, 5.74) is 2.86. The Kier molecular flexibility index (Phi) is 9.08. The number of benzene rings is 3. The van der Waals surface area contributed by atoms with E-state index in [1.807, 2.05) is 86.6 Å². The number of hydrogen-bond acceptors (Lipinski definition) is 2. The van der Waals surface area contributed by atoms with Gasteiger partial charge in [-0.15, -0.1) is 0 Å². The van der Waals surface area contributed by atoms with Crippen LogP contribution in [0.2, 0.25) is 5.02 Å². The molecule has 0 radical (unpaired) electrons. The topological polar surface area (TPSA) is 49.4 Å². The standard InChI is InChI=1S/C28H31ClN2O2/c1-3-21(2)30-28(33)26(18-22-10-6-4-7-11-22)31(20-24-12-8-5-9-13-24)27(32)19-23-14-16-25(29)17-15-23/h4-17,21,26H,3,18-20H2,1-2H3,(H,30,33)/t21-,26+/m0/s1. The van der Waals surface area contributed by atoms with Gasteiger partial charge in [-0.1, -0.05) is 91.3 Å². The average molecular weight is 463 g/mol. The Morgan fingerprint density at radius 1 is 0.848 bits per heavy atom. The highest BCUT2D eigenvalue weighted by Gasteiger charge is 2.30. The molecule has 0 saturated carbocycles. The molecule has 0 aromatic heterocycles. The van der Waals surface area contributed by atoms with Crippen molar-refractivity contribution in [3.63, 3.8) is 0 Å². The molecule has 1 N–H and O–H groups in total. The van der Waals surface area contributed by atoms with E-state index in [0.29, 0.717) is 18.0 Å². The fourth-order valence-corrected chi connectivity index (χ4v) is 3.78. The molecule has 5 heteroatoms. The summed E-state index contributed by atoms with van der Waals surface area (Å²) in [6.45, 7) is 4.37. The van der Waals surface area contributed by atoms with Crippen molar-refractivity contribution in [2.45, 2.75) is 51.7 Å². The summed E-state index contributed by atoms with van der Waals surface area (Å²) in [4.78, 5) is 28.8. The molecule has 2 amide bonds. The van der Waals surface area contributed by atoms with Crippen LogP contribution in [0.5, 0.6) is 0 Å². The number of carbonyl (C=O) groups excluding carboxylic acids is 2. The van der Waals surface area contributed by atoms with Crippen molar-refractivity contribution in [3.8, 4) is 0 Å². The Morgan fingerprint density at radius 3 is 2.00 bits per heavy atom. The van der Waals surface area contributed by atoms with E-state index in [1.54, 1.807) is 17.0 Å². The van der Waals surface area contributed by atoms with E-state index < -0.39 is 6.04 Å². The van der Waals surface area contributed by atoms with Crippen molar-refractivity contribution in [1.82, 2.24) is 10.2 Å². The zero-order valence-corrected chi connectivity index (χ0v) is 20.0. The van der Waals surface area contributed by atoms with Crippen LogP contribution in [0, 0.1) is 0 Å². The first kappa shape index (κ1) is 24.5. The molecule has 0 unspecified atom stereocenters. The van der Waals surface area contributed by atoms with E-state index in [4.69, 9.17) is 11.6 Å². The lowest BCUT2D eigenvalue weighted by Crippen LogP contribution is -2.52. The van der Waals surface area contributed by atoms with Gasteiger partial charge in [0, 0.05) is 24.0 Å². The van der Waals surface area contributed by atoms with Crippen molar-refractivity contribution in [2.75, 3.05) is 0 Å². The van der Waals surface area contributed by atoms with Gasteiger partial charge >= 0.3 is 0 Å². The second-order valence-corrected chi connectivity index (χ2v) is 8.77. The first-order chi connectivity index (χ1) is 16.0. The normalized spacial score (nSPS) is 12.6. The molecule has 0 heterocycles. The molecular weight excluding hydrogens is 432 g/mol. The van der Waals surface area contributed by atoms with Gasteiger partial charge < -0.3 is 10.2 Å². The molecule has 0 fully saturated rings. The Labute approximate surface area is 201 Å². The van der Waals surface area contributed by atoms with Gasteiger partial charge in [0.25, 0.3) is 0 Å². The van der Waals surface area contributed by atoms with E-state index >= 15 is 0 Å². The molecule has 3 rings (SSSR count). The molecule has 3 aromatic rings. The Balaban J connectivity index is 1.94. The number of rotatable bonds is 10. The third-order valence-corrected chi connectivity index (χ3v) is 5.99. The fraction of sp³-hybridized carbons (Fsp3) is 0.286. The van der Waals surface area contributed by atoms with Gasteiger partial charge in [-0.05, 0) is 42.2 Å². The summed E-state index contributed by atoms with van der Waals surface area (Å²) in [6, 6.07) is 26.3. The highest BCUT2D eigenvalue weighted by atomic mass is 35.5. The van der Waals surface area contributed by atoms with Crippen LogP contribution in [0.4, 0.5) is 0 Å². The van der Waals surface area contributed by atoms with Crippen LogP contribution < -0.4 is 5.32 Å². The number of nitrogens with one attached hydrogen (secondary N) is 1. The average Bonchev–Trinajstić information content (AvgIpc) is 2.83. The predicted molar refractivity (Wildman–Crippen MR) is 134 cm³/mol. The zero-order valence-electron chi connectivity index (χ0n) is 19.2. The van der Waals surface area contributed by atoms with Crippen molar-refractivity contribution >= 4 is 23.4 Å². The van der Waals surface area contributed by atoms with Crippen molar-refractivity contribution < 1.29 is 9.59 Å². The molecule has 33 heavy (non-hydrogen) atoms. The van der Waals surface area contributed by atoms with E-state index in [-0.39, 0.29) is 24.3 Å². The van der Waals surface area contributed by atoms with Crippen molar-refractivity contribution in [1.29, 1.82) is 0 Å². The third-order valence-electron chi connectivity index (χ3n) is 5.74. The van der Waals surface area contributed by atoms with Gasteiger partial charge in [0.05, 0.1) is 6.42 Å². The summed E-state index contributed by atoms with van der Waals surface area (Å²) in [7, 11) is 0. The first-order valence-electron chi connectivity index (χ1n) is 11.4. The Bertz CT molecular complexity index is 1020. The van der Waals surface area contributed by atoms with E-state index in [0.717, 1.165) is 23.1 Å². The minimum atomic E-state index is -0.624. The molecule has 0 bridgehead atoms. The van der Waals surface area contributed by atoms with E-state index in [1.165, 1.54) is 0 Å². The quantitative estimate of drug-likeness (QED) is 0.436. The minimum absolute atomic E-state index is 0.0284. The largest absolute Gasteiger partial charge is 0.352 e. The van der Waals surface area contributed by atoms with Gasteiger partial charge in [0.1, 0.15) is 6.04 Å². The van der Waals surface area contributed by atoms with Crippen LogP contribution in [0.3, 0.4) is 0 Å². The third kappa shape index (κ3) is 7.47. The maximum atomic E-state index is 13.6. The maximum absolute atomic E-state index is 13.6. The van der Waals surface area contributed by atoms with Crippen LogP contribution in [0.15, 0.2) is 84.9 Å². The first-order valence-corrected chi connectivity index (χ1v) is 11.8. The van der Waals surface area contributed by atoms with Crippen LogP contribution in [-0.2, 0) is 29.0 Å². The van der Waals surface area contributed by atoms with Gasteiger partial charge in [-0.2, -0.15) is 0 Å². The van der Waals surface area contributed by atoms with Crippen LogP contribution >= 0.6 is 11.6 Å². The molecule has 172 valence electrons. The summed E-state index contributed by atoms with van der Waals surface area (Å²) in [5, 5.41) is 3.72. The number of carbonyl (C=O) groups is 2. The van der Waals surface area contributed by atoms with E-state index in [9.17, 15) is 9.59 Å². The molecule has 0 aliphatic carbocycles. The number of amides is 2. The summed E-state index contributed by atoms with van der Waals surface area (Å²) >= 11 is 6.01. The van der Waals surface area contributed by atoms with Crippen molar-refractivity contribution in [2.24, 2.45) is 0 Å². The smallest absolute Gasteiger partial charge is 0.243 e. The lowest BCUT2D eigenvalue weighted by atomic mass is 10.0. The number of nitrogens with zero attached hydrogens (tertiary/aromatic N) is 1. The van der Waals surface area contributed by atoms with E-state index in [2.05, 4.69) is 5.32 Å². The Hall–Kier alpha value is -3.11. The van der Waals surface area contributed by atoms with Crippen molar-refractivity contribution in [3.05, 3.63) is 107 Å². The van der Waals surface area contributed by atoms with Gasteiger partial charge in [0.2, 0.25) is 11.8 Å². The highest BCUT2D eigenvalue weighted by Crippen LogP contribution is 2.18. The molecule has 0 saturated heterocycles. The second-order valence-electron chi connectivity index (χ2n) is 8.33. The molecule has 3 aromatic carbocycles. The number of halogens is 1. The predicted octanol–water partition coefficient (Wildman–Crippen LogP) is 5.44. The number of hydrogen-bond donors (Lipinski definition) is 1. The zero-order chi connectivity index (χ0) is 23.6. The molecule has 0 aliphatic rings.